The molecular formula is C13H10F3N3O2. The summed E-state index contributed by atoms with van der Waals surface area (Å²) in [5, 5.41) is 8.80. The standard InChI is InChI=1S/C13H10F3N3O2/c1-2-21-12(20)10-9(5-6-17)19-7-3-4-8(11(19)18-10)13(14,15)16/h3-4,7H,2,5H2,1H3. The zero-order chi connectivity index (χ0) is 15.6. The summed E-state index contributed by atoms with van der Waals surface area (Å²) < 4.78 is 44.7. The van der Waals surface area contributed by atoms with E-state index in [0.717, 1.165) is 10.5 Å². The van der Waals surface area contributed by atoms with Crippen LogP contribution in [0.5, 0.6) is 0 Å². The summed E-state index contributed by atoms with van der Waals surface area (Å²) in [7, 11) is 0. The number of imidazole rings is 1. The molecule has 0 N–H and O–H groups in total. The summed E-state index contributed by atoms with van der Waals surface area (Å²) in [6, 6.07) is 3.86. The lowest BCUT2D eigenvalue weighted by atomic mass is 10.2. The maximum atomic E-state index is 13.0. The van der Waals surface area contributed by atoms with Crippen LogP contribution in [0.4, 0.5) is 13.2 Å². The Hall–Kier alpha value is -2.56. The molecule has 0 spiro atoms. The van der Waals surface area contributed by atoms with E-state index in [-0.39, 0.29) is 24.4 Å². The van der Waals surface area contributed by atoms with Gasteiger partial charge in [0, 0.05) is 6.20 Å². The fourth-order valence-electron chi connectivity index (χ4n) is 1.94. The third-order valence-electron chi connectivity index (χ3n) is 2.77. The number of nitrogens with zero attached hydrogens (tertiary/aromatic N) is 3. The van der Waals surface area contributed by atoms with Crippen LogP contribution in [0.1, 0.15) is 28.7 Å². The van der Waals surface area contributed by atoms with Crippen molar-refractivity contribution in [3.8, 4) is 6.07 Å². The number of alkyl halides is 3. The summed E-state index contributed by atoms with van der Waals surface area (Å²) >= 11 is 0. The molecule has 2 aromatic rings. The van der Waals surface area contributed by atoms with E-state index < -0.39 is 23.4 Å². The molecule has 2 aromatic heterocycles. The molecule has 0 fully saturated rings. The van der Waals surface area contributed by atoms with Gasteiger partial charge >= 0.3 is 12.1 Å². The molecule has 2 heterocycles. The molecule has 0 unspecified atom stereocenters. The van der Waals surface area contributed by atoms with Crippen molar-refractivity contribution >= 4 is 11.6 Å². The topological polar surface area (TPSA) is 67.4 Å². The Kier molecular flexibility index (Phi) is 3.84. The Morgan fingerprint density at radius 1 is 1.52 bits per heavy atom. The van der Waals surface area contributed by atoms with Crippen molar-refractivity contribution in [1.29, 1.82) is 5.26 Å². The highest BCUT2D eigenvalue weighted by molar-refractivity contribution is 5.90. The Bertz CT molecular complexity index is 729. The molecule has 21 heavy (non-hydrogen) atoms. The van der Waals surface area contributed by atoms with Crippen LogP contribution in [-0.4, -0.2) is 22.0 Å². The van der Waals surface area contributed by atoms with Crippen LogP contribution in [0.15, 0.2) is 18.3 Å². The highest BCUT2D eigenvalue weighted by atomic mass is 19.4. The van der Waals surface area contributed by atoms with E-state index in [1.54, 1.807) is 6.92 Å². The number of pyridine rings is 1. The molecule has 0 saturated heterocycles. The van der Waals surface area contributed by atoms with Crippen molar-refractivity contribution in [3.63, 3.8) is 0 Å². The van der Waals surface area contributed by atoms with Crippen LogP contribution in [0.2, 0.25) is 0 Å². The molecule has 0 aliphatic rings. The van der Waals surface area contributed by atoms with Crippen molar-refractivity contribution in [2.45, 2.75) is 19.5 Å². The summed E-state index contributed by atoms with van der Waals surface area (Å²) in [6.45, 7) is 1.63. The van der Waals surface area contributed by atoms with Gasteiger partial charge in [0.2, 0.25) is 0 Å². The van der Waals surface area contributed by atoms with E-state index in [1.807, 2.05) is 6.07 Å². The van der Waals surface area contributed by atoms with E-state index in [2.05, 4.69) is 4.98 Å². The van der Waals surface area contributed by atoms with Gasteiger partial charge in [-0.15, -0.1) is 0 Å². The van der Waals surface area contributed by atoms with Gasteiger partial charge in [-0.1, -0.05) is 0 Å². The van der Waals surface area contributed by atoms with E-state index in [1.165, 1.54) is 12.3 Å². The van der Waals surface area contributed by atoms with Gasteiger partial charge in [-0.2, -0.15) is 18.4 Å². The molecule has 2 rings (SSSR count). The number of esters is 1. The average molecular weight is 297 g/mol. The smallest absolute Gasteiger partial charge is 0.419 e. The lowest BCUT2D eigenvalue weighted by Crippen LogP contribution is -2.08. The largest absolute Gasteiger partial charge is 0.461 e. The van der Waals surface area contributed by atoms with Crippen LogP contribution in [-0.2, 0) is 17.3 Å². The third kappa shape index (κ3) is 2.67. The number of nitriles is 1. The predicted molar refractivity (Wildman–Crippen MR) is 65.5 cm³/mol. The maximum absolute atomic E-state index is 13.0. The molecule has 0 atom stereocenters. The Balaban J connectivity index is 2.73. The van der Waals surface area contributed by atoms with Crippen LogP contribution in [0.3, 0.4) is 0 Å². The lowest BCUT2D eigenvalue weighted by molar-refractivity contribution is -0.136. The van der Waals surface area contributed by atoms with Crippen molar-refractivity contribution < 1.29 is 22.7 Å². The molecule has 8 heteroatoms. The molecule has 5 nitrogen and oxygen atoms in total. The van der Waals surface area contributed by atoms with Gasteiger partial charge in [0.05, 0.1) is 30.4 Å². The first kappa shape index (κ1) is 14.8. The van der Waals surface area contributed by atoms with Gasteiger partial charge in [0.1, 0.15) is 5.65 Å². The molecule has 0 radical (unpaired) electrons. The monoisotopic (exact) mass is 297 g/mol. The first-order valence-corrected chi connectivity index (χ1v) is 6.01. The number of carbonyl (C=O) groups is 1. The Labute approximate surface area is 117 Å². The van der Waals surface area contributed by atoms with Crippen LogP contribution in [0.25, 0.3) is 5.65 Å². The van der Waals surface area contributed by atoms with Gasteiger partial charge < -0.3 is 9.14 Å². The van der Waals surface area contributed by atoms with Gasteiger partial charge in [0.15, 0.2) is 5.69 Å². The minimum atomic E-state index is -4.61. The van der Waals surface area contributed by atoms with E-state index in [4.69, 9.17) is 10.00 Å². The minimum absolute atomic E-state index is 0.0603. The van der Waals surface area contributed by atoms with Gasteiger partial charge in [-0.25, -0.2) is 9.78 Å². The second-order valence-electron chi connectivity index (χ2n) is 4.08. The first-order chi connectivity index (χ1) is 9.90. The predicted octanol–water partition coefficient (Wildman–Crippen LogP) is 2.60. The molecule has 0 aliphatic heterocycles. The first-order valence-electron chi connectivity index (χ1n) is 6.01. The Morgan fingerprint density at radius 3 is 2.81 bits per heavy atom. The number of hydrogen-bond acceptors (Lipinski definition) is 4. The zero-order valence-electron chi connectivity index (χ0n) is 10.9. The van der Waals surface area contributed by atoms with Gasteiger partial charge in [0.25, 0.3) is 0 Å². The molecule has 0 saturated carbocycles. The number of rotatable bonds is 3. The van der Waals surface area contributed by atoms with Crippen LogP contribution in [0, 0.1) is 11.3 Å². The summed E-state index contributed by atoms with van der Waals surface area (Å²) in [4.78, 5) is 15.5. The van der Waals surface area contributed by atoms with Gasteiger partial charge in [-0.3, -0.25) is 0 Å². The quantitative estimate of drug-likeness (QED) is 0.817. The summed E-state index contributed by atoms with van der Waals surface area (Å²) in [6.07, 6.45) is -3.53. The molecule has 0 amide bonds. The van der Waals surface area contributed by atoms with Crippen LogP contribution >= 0.6 is 0 Å². The third-order valence-corrected chi connectivity index (χ3v) is 2.77. The summed E-state index contributed by atoms with van der Waals surface area (Å²) in [5.74, 6) is -0.848. The van der Waals surface area contributed by atoms with Gasteiger partial charge in [-0.05, 0) is 19.1 Å². The highest BCUT2D eigenvalue weighted by Crippen LogP contribution is 2.32. The molecule has 0 aliphatic carbocycles. The van der Waals surface area contributed by atoms with Crippen molar-refractivity contribution in [3.05, 3.63) is 35.3 Å². The van der Waals surface area contributed by atoms with E-state index in [0.29, 0.717) is 0 Å². The minimum Gasteiger partial charge on any atom is -0.461 e. The molecular weight excluding hydrogens is 287 g/mol. The average Bonchev–Trinajstić information content (AvgIpc) is 2.77. The Morgan fingerprint density at radius 2 is 2.24 bits per heavy atom. The van der Waals surface area contributed by atoms with Crippen molar-refractivity contribution in [2.75, 3.05) is 6.61 Å². The maximum Gasteiger partial charge on any atom is 0.419 e. The normalized spacial score (nSPS) is 11.4. The molecule has 0 aromatic carbocycles. The number of carbonyl (C=O) groups excluding carboxylic acids is 1. The molecule has 110 valence electrons. The number of halogens is 3. The van der Waals surface area contributed by atoms with E-state index in [9.17, 15) is 18.0 Å². The van der Waals surface area contributed by atoms with Crippen molar-refractivity contribution in [2.24, 2.45) is 0 Å². The fraction of sp³-hybridized carbons (Fsp3) is 0.308. The number of hydrogen-bond donors (Lipinski definition) is 0. The SMILES string of the molecule is CCOC(=O)c1nc2c(C(F)(F)F)cccn2c1CC#N. The summed E-state index contributed by atoms with van der Waals surface area (Å²) in [5.41, 5.74) is -1.58. The second kappa shape index (κ2) is 5.44. The zero-order valence-corrected chi connectivity index (χ0v) is 10.9. The number of fused-ring (bicyclic) bond motifs is 1. The number of aromatic nitrogens is 2. The molecule has 0 bridgehead atoms. The highest BCUT2D eigenvalue weighted by Gasteiger charge is 2.35. The van der Waals surface area contributed by atoms with Crippen LogP contribution < -0.4 is 0 Å². The van der Waals surface area contributed by atoms with E-state index >= 15 is 0 Å². The number of ether oxygens (including phenoxy) is 1. The lowest BCUT2D eigenvalue weighted by Gasteiger charge is -2.07. The fourth-order valence-corrected chi connectivity index (χ4v) is 1.94. The second-order valence-corrected chi connectivity index (χ2v) is 4.08. The van der Waals surface area contributed by atoms with Crippen molar-refractivity contribution in [1.82, 2.24) is 9.38 Å².